The number of amides is 1. The smallest absolute Gasteiger partial charge is 0.323 e. The summed E-state index contributed by atoms with van der Waals surface area (Å²) in [4.78, 5) is 29.1. The van der Waals surface area contributed by atoms with E-state index in [0.717, 1.165) is 10.8 Å². The summed E-state index contributed by atoms with van der Waals surface area (Å²) in [5, 5.41) is 7.84. The van der Waals surface area contributed by atoms with E-state index in [9.17, 15) is 9.59 Å². The van der Waals surface area contributed by atoms with Gasteiger partial charge < -0.3 is 15.3 Å². The Balaban J connectivity index is 1.48. The van der Waals surface area contributed by atoms with Crippen LogP contribution in [0.15, 0.2) is 65.5 Å². The second-order valence-electron chi connectivity index (χ2n) is 5.81. The average molecular weight is 362 g/mol. The summed E-state index contributed by atoms with van der Waals surface area (Å²) in [6.45, 7) is 0. The minimum absolute atomic E-state index is 0.181. The zero-order valence-corrected chi connectivity index (χ0v) is 14.3. The largest absolute Gasteiger partial charge is 0.332 e. The number of fused-ring (bicyclic) bond motifs is 2. The molecule has 0 bridgehead atoms. The van der Waals surface area contributed by atoms with Crippen LogP contribution in [-0.4, -0.2) is 21.0 Å². The van der Waals surface area contributed by atoms with Gasteiger partial charge in [0.05, 0.1) is 11.0 Å². The van der Waals surface area contributed by atoms with Gasteiger partial charge in [-0.05, 0) is 53.3 Å². The fraction of sp³-hybridized carbons (Fsp3) is 0. The molecule has 1 amide bonds. The number of carbonyl (C=O) groups is 1. The van der Waals surface area contributed by atoms with Gasteiger partial charge in [-0.25, -0.2) is 4.79 Å². The fourth-order valence-electron chi connectivity index (χ4n) is 2.78. The van der Waals surface area contributed by atoms with Crippen LogP contribution in [0.4, 0.5) is 5.69 Å². The van der Waals surface area contributed by atoms with Crippen LogP contribution < -0.4 is 16.3 Å². The van der Waals surface area contributed by atoms with E-state index in [1.54, 1.807) is 24.3 Å². The molecule has 0 saturated heterocycles. The van der Waals surface area contributed by atoms with Gasteiger partial charge in [-0.15, -0.1) is 0 Å². The number of carbonyl (C=O) groups excluding carboxylic acids is 1. The first-order valence-electron chi connectivity index (χ1n) is 7.92. The highest BCUT2D eigenvalue weighted by Gasteiger charge is 2.09. The Morgan fingerprint density at radius 1 is 0.885 bits per heavy atom. The van der Waals surface area contributed by atoms with Gasteiger partial charge in [-0.1, -0.05) is 30.3 Å². The summed E-state index contributed by atoms with van der Waals surface area (Å²) in [5.74, 6) is -0.288. The normalized spacial score (nSPS) is 10.8. The number of nitrogens with one attached hydrogen (secondary N) is 4. The Morgan fingerprint density at radius 3 is 2.50 bits per heavy atom. The maximum atomic E-state index is 12.4. The number of benzene rings is 3. The summed E-state index contributed by atoms with van der Waals surface area (Å²) >= 11 is 5.21. The number of aromatic nitrogens is 2. The molecule has 0 atom stereocenters. The first-order chi connectivity index (χ1) is 12.6. The Hall–Kier alpha value is -3.45. The van der Waals surface area contributed by atoms with Crippen LogP contribution in [0.3, 0.4) is 0 Å². The third-order valence-electron chi connectivity index (χ3n) is 4.01. The van der Waals surface area contributed by atoms with Crippen molar-refractivity contribution in [2.75, 3.05) is 5.32 Å². The zero-order valence-electron chi connectivity index (χ0n) is 13.5. The molecule has 6 nitrogen and oxygen atoms in total. The van der Waals surface area contributed by atoms with Crippen molar-refractivity contribution in [2.45, 2.75) is 0 Å². The molecule has 0 aliphatic carbocycles. The number of hydrogen-bond donors (Lipinski definition) is 4. The highest BCUT2D eigenvalue weighted by molar-refractivity contribution is 7.80. The summed E-state index contributed by atoms with van der Waals surface area (Å²) in [6, 6.07) is 18.6. The van der Waals surface area contributed by atoms with E-state index >= 15 is 0 Å². The van der Waals surface area contributed by atoms with Gasteiger partial charge >= 0.3 is 5.69 Å². The molecule has 0 aliphatic heterocycles. The second kappa shape index (κ2) is 6.45. The van der Waals surface area contributed by atoms with Crippen LogP contribution in [-0.2, 0) is 0 Å². The van der Waals surface area contributed by atoms with Gasteiger partial charge in [-0.2, -0.15) is 0 Å². The molecule has 4 N–H and O–H groups in total. The SMILES string of the molecule is O=C(NC(=S)Nc1ccc2[nH]c(=O)[nH]c2c1)c1ccc2ccccc2c1. The standard InChI is InChI=1S/C19H14N4O2S/c24-17(13-6-5-11-3-1-2-4-12(11)9-13)23-19(26)20-14-7-8-15-16(10-14)22-18(25)21-15/h1-10H,(H2,21,22,25)(H2,20,23,24,26). The lowest BCUT2D eigenvalue weighted by Gasteiger charge is -2.10. The molecule has 0 spiro atoms. The molecule has 0 aliphatic rings. The van der Waals surface area contributed by atoms with Crippen molar-refractivity contribution in [3.8, 4) is 0 Å². The van der Waals surface area contributed by atoms with E-state index in [2.05, 4.69) is 20.6 Å². The van der Waals surface area contributed by atoms with Crippen molar-refractivity contribution < 1.29 is 4.79 Å². The first-order valence-corrected chi connectivity index (χ1v) is 8.32. The predicted octanol–water partition coefficient (Wildman–Crippen LogP) is 3.14. The molecule has 1 aromatic heterocycles. The Bertz CT molecular complexity index is 1210. The molecular formula is C19H14N4O2S. The molecule has 7 heteroatoms. The van der Waals surface area contributed by atoms with E-state index in [4.69, 9.17) is 12.2 Å². The van der Waals surface area contributed by atoms with E-state index < -0.39 is 0 Å². The number of hydrogen-bond acceptors (Lipinski definition) is 3. The molecule has 128 valence electrons. The summed E-state index contributed by atoms with van der Waals surface area (Å²) in [5.41, 5.74) is 2.27. The molecule has 0 saturated carbocycles. The molecule has 0 radical (unpaired) electrons. The summed E-state index contributed by atoms with van der Waals surface area (Å²) < 4.78 is 0. The monoisotopic (exact) mass is 362 g/mol. The molecule has 4 aromatic rings. The maximum Gasteiger partial charge on any atom is 0.323 e. The third-order valence-corrected chi connectivity index (χ3v) is 4.22. The Morgan fingerprint density at radius 2 is 1.65 bits per heavy atom. The van der Waals surface area contributed by atoms with Crippen molar-refractivity contribution in [2.24, 2.45) is 0 Å². The zero-order chi connectivity index (χ0) is 18.1. The Labute approximate surface area is 153 Å². The van der Waals surface area contributed by atoms with Crippen LogP contribution in [0.25, 0.3) is 21.8 Å². The average Bonchev–Trinajstić information content (AvgIpc) is 3.00. The minimum Gasteiger partial charge on any atom is -0.332 e. The van der Waals surface area contributed by atoms with E-state index in [1.165, 1.54) is 0 Å². The lowest BCUT2D eigenvalue weighted by Crippen LogP contribution is -2.34. The predicted molar refractivity (Wildman–Crippen MR) is 107 cm³/mol. The van der Waals surface area contributed by atoms with Gasteiger partial charge in [0.25, 0.3) is 5.91 Å². The summed E-state index contributed by atoms with van der Waals surface area (Å²) in [7, 11) is 0. The molecule has 1 heterocycles. The van der Waals surface area contributed by atoms with Crippen LogP contribution in [0.5, 0.6) is 0 Å². The van der Waals surface area contributed by atoms with E-state index in [1.807, 2.05) is 36.4 Å². The van der Waals surface area contributed by atoms with Gasteiger partial charge in [0, 0.05) is 11.3 Å². The molecule has 3 aromatic carbocycles. The minimum atomic E-state index is -0.288. The number of thiocarbonyl (C=S) groups is 1. The molecule has 0 unspecified atom stereocenters. The molecule has 26 heavy (non-hydrogen) atoms. The Kier molecular flexibility index (Phi) is 3.98. The van der Waals surface area contributed by atoms with Crippen LogP contribution in [0, 0.1) is 0 Å². The van der Waals surface area contributed by atoms with Crippen LogP contribution >= 0.6 is 12.2 Å². The fourth-order valence-corrected chi connectivity index (χ4v) is 2.99. The maximum absolute atomic E-state index is 12.4. The van der Waals surface area contributed by atoms with Crippen molar-refractivity contribution in [3.63, 3.8) is 0 Å². The lowest BCUT2D eigenvalue weighted by molar-refractivity contribution is 0.0978. The van der Waals surface area contributed by atoms with Crippen molar-refractivity contribution in [1.82, 2.24) is 15.3 Å². The van der Waals surface area contributed by atoms with Gasteiger partial charge in [0.1, 0.15) is 0 Å². The number of aromatic amines is 2. The van der Waals surface area contributed by atoms with Gasteiger partial charge in [0.2, 0.25) is 0 Å². The van der Waals surface area contributed by atoms with Crippen molar-refractivity contribution >= 4 is 50.7 Å². The van der Waals surface area contributed by atoms with E-state index in [-0.39, 0.29) is 16.7 Å². The highest BCUT2D eigenvalue weighted by atomic mass is 32.1. The number of imidazole rings is 1. The lowest BCUT2D eigenvalue weighted by atomic mass is 10.1. The first kappa shape index (κ1) is 16.0. The van der Waals surface area contributed by atoms with Crippen molar-refractivity contribution in [3.05, 3.63) is 76.7 Å². The summed E-state index contributed by atoms with van der Waals surface area (Å²) in [6.07, 6.45) is 0. The van der Waals surface area contributed by atoms with Gasteiger partial charge in [0.15, 0.2) is 5.11 Å². The van der Waals surface area contributed by atoms with Gasteiger partial charge in [-0.3, -0.25) is 10.1 Å². The topological polar surface area (TPSA) is 89.8 Å². The van der Waals surface area contributed by atoms with E-state index in [0.29, 0.717) is 22.3 Å². The molecule has 0 fully saturated rings. The highest BCUT2D eigenvalue weighted by Crippen LogP contribution is 2.16. The third kappa shape index (κ3) is 3.20. The van der Waals surface area contributed by atoms with Crippen LogP contribution in [0.2, 0.25) is 0 Å². The number of H-pyrrole nitrogens is 2. The van der Waals surface area contributed by atoms with Crippen molar-refractivity contribution in [1.29, 1.82) is 0 Å². The quantitative estimate of drug-likeness (QED) is 0.413. The number of rotatable bonds is 2. The van der Waals surface area contributed by atoms with Crippen LogP contribution in [0.1, 0.15) is 10.4 Å². The molecular weight excluding hydrogens is 348 g/mol. The molecule has 4 rings (SSSR count). The number of anilines is 1. The second-order valence-corrected chi connectivity index (χ2v) is 6.22.